The summed E-state index contributed by atoms with van der Waals surface area (Å²) >= 11 is 0.521. The fraction of sp³-hybridized carbons (Fsp3) is 0.381. The molecule has 0 spiro atoms. The summed E-state index contributed by atoms with van der Waals surface area (Å²) in [5.41, 5.74) is -10.6. The highest BCUT2D eigenvalue weighted by atomic mass is 32.2. The molecule has 0 unspecified atom stereocenters. The summed E-state index contributed by atoms with van der Waals surface area (Å²) in [4.78, 5) is 44.1. The first kappa shape index (κ1) is 24.8. The van der Waals surface area contributed by atoms with E-state index in [1.165, 1.54) is 12.3 Å². The zero-order valence-electron chi connectivity index (χ0n) is 17.7. The molecule has 0 radical (unpaired) electrons. The lowest BCUT2D eigenvalue weighted by Gasteiger charge is -2.54. The number of aromatic nitrogens is 2. The third-order valence-corrected chi connectivity index (χ3v) is 6.99. The van der Waals surface area contributed by atoms with E-state index >= 15 is 0 Å². The van der Waals surface area contributed by atoms with Gasteiger partial charge in [-0.05, 0) is 38.5 Å². The number of halogens is 2. The zero-order valence-corrected chi connectivity index (χ0v) is 18.5. The van der Waals surface area contributed by atoms with Crippen LogP contribution in [-0.4, -0.2) is 70.6 Å². The Hall–Kier alpha value is -2.80. The van der Waals surface area contributed by atoms with Crippen molar-refractivity contribution >= 4 is 29.1 Å². The highest BCUT2D eigenvalue weighted by molar-refractivity contribution is 8.00. The van der Waals surface area contributed by atoms with Crippen LogP contribution in [0.4, 0.5) is 8.78 Å². The maximum atomic E-state index is 14.5. The van der Waals surface area contributed by atoms with Crippen LogP contribution in [0.1, 0.15) is 20.8 Å². The lowest BCUT2D eigenvalue weighted by Crippen LogP contribution is -2.82. The summed E-state index contributed by atoms with van der Waals surface area (Å²) in [6, 6.07) is 3.59. The number of rotatable bonds is 6. The number of thioether (sulfide) groups is 1. The molecule has 2 aromatic heterocycles. The van der Waals surface area contributed by atoms with Gasteiger partial charge >= 0.3 is 0 Å². The second-order valence-corrected chi connectivity index (χ2v) is 8.70. The van der Waals surface area contributed by atoms with E-state index in [4.69, 9.17) is 4.74 Å². The van der Waals surface area contributed by atoms with Crippen LogP contribution in [-0.2, 0) is 14.4 Å². The third-order valence-electron chi connectivity index (χ3n) is 5.66. The predicted molar refractivity (Wildman–Crippen MR) is 111 cm³/mol. The Balaban J connectivity index is 2.10. The summed E-state index contributed by atoms with van der Waals surface area (Å²) in [6.45, 7) is 2.49. The SMILES string of the molecule is CC(=O)[C@]1(O)[C@@](O)(C(C)=O)CS[C@H](Oc2cc(-c3ccnc(F)c3)cnc2F)[C@@]1(O)C(C)=O. The van der Waals surface area contributed by atoms with Crippen molar-refractivity contribution in [2.45, 2.75) is 43.0 Å². The quantitative estimate of drug-likeness (QED) is 0.506. The fourth-order valence-electron chi connectivity index (χ4n) is 3.73. The topological polar surface area (TPSA) is 147 Å². The van der Waals surface area contributed by atoms with Crippen molar-refractivity contribution in [3.8, 4) is 16.9 Å². The largest absolute Gasteiger partial charge is 0.471 e. The second kappa shape index (κ2) is 8.52. The predicted octanol–water partition coefficient (Wildman–Crippen LogP) is 0.834. The molecule has 9 nitrogen and oxygen atoms in total. The number of Topliss-reactive ketones (excluding diaryl/α,β-unsaturated/α-hetero) is 3. The zero-order chi connectivity index (χ0) is 24.8. The molecule has 1 saturated heterocycles. The van der Waals surface area contributed by atoms with Crippen LogP contribution >= 0.6 is 11.8 Å². The van der Waals surface area contributed by atoms with Crippen molar-refractivity contribution in [1.82, 2.24) is 9.97 Å². The van der Waals surface area contributed by atoms with Crippen LogP contribution < -0.4 is 4.74 Å². The van der Waals surface area contributed by atoms with Gasteiger partial charge < -0.3 is 20.1 Å². The summed E-state index contributed by atoms with van der Waals surface area (Å²) in [5, 5.41) is 33.3. The normalized spacial score (nSPS) is 29.4. The molecule has 33 heavy (non-hydrogen) atoms. The Morgan fingerprint density at radius 3 is 2.24 bits per heavy atom. The molecule has 0 saturated carbocycles. The number of ketones is 3. The van der Waals surface area contributed by atoms with E-state index in [1.54, 1.807) is 0 Å². The van der Waals surface area contributed by atoms with Gasteiger partial charge in [0.25, 0.3) is 5.95 Å². The van der Waals surface area contributed by atoms with Crippen LogP contribution in [0, 0.1) is 11.9 Å². The van der Waals surface area contributed by atoms with Crippen molar-refractivity contribution in [3.63, 3.8) is 0 Å². The molecule has 176 valence electrons. The molecular formula is C21H20F2N2O7S. The van der Waals surface area contributed by atoms with Crippen LogP contribution in [0.5, 0.6) is 5.75 Å². The number of aliphatic hydroxyl groups is 3. The number of pyridine rings is 2. The van der Waals surface area contributed by atoms with Gasteiger partial charge in [0.2, 0.25) is 11.5 Å². The average molecular weight is 482 g/mol. The van der Waals surface area contributed by atoms with Crippen LogP contribution in [0.15, 0.2) is 30.6 Å². The molecule has 3 rings (SSSR count). The molecule has 0 aromatic carbocycles. The van der Waals surface area contributed by atoms with E-state index in [1.807, 2.05) is 0 Å². The second-order valence-electron chi connectivity index (χ2n) is 7.65. The smallest absolute Gasteiger partial charge is 0.255 e. The minimum atomic E-state index is -3.29. The van der Waals surface area contributed by atoms with Crippen molar-refractivity contribution in [2.24, 2.45) is 0 Å². The van der Waals surface area contributed by atoms with E-state index in [0.717, 1.165) is 39.1 Å². The van der Waals surface area contributed by atoms with Gasteiger partial charge in [0.05, 0.1) is 0 Å². The minimum Gasteiger partial charge on any atom is -0.471 e. The van der Waals surface area contributed by atoms with Crippen LogP contribution in [0.2, 0.25) is 0 Å². The molecule has 0 amide bonds. The summed E-state index contributed by atoms with van der Waals surface area (Å²) in [5.74, 6) is -6.77. The fourth-order valence-corrected chi connectivity index (χ4v) is 5.28. The molecule has 1 fully saturated rings. The Morgan fingerprint density at radius 2 is 1.70 bits per heavy atom. The molecule has 0 bridgehead atoms. The van der Waals surface area contributed by atoms with Crippen molar-refractivity contribution in [1.29, 1.82) is 0 Å². The molecule has 0 aliphatic carbocycles. The monoisotopic (exact) mass is 482 g/mol. The van der Waals surface area contributed by atoms with Crippen LogP contribution in [0.3, 0.4) is 0 Å². The van der Waals surface area contributed by atoms with Crippen molar-refractivity contribution in [3.05, 3.63) is 42.5 Å². The Labute approximate surface area is 190 Å². The van der Waals surface area contributed by atoms with Gasteiger partial charge in [-0.15, -0.1) is 11.8 Å². The maximum Gasteiger partial charge on any atom is 0.255 e. The van der Waals surface area contributed by atoms with E-state index in [2.05, 4.69) is 9.97 Å². The van der Waals surface area contributed by atoms with Gasteiger partial charge in [0.1, 0.15) is 0 Å². The maximum absolute atomic E-state index is 14.5. The number of carbonyl (C=O) groups is 3. The van der Waals surface area contributed by atoms with Gasteiger partial charge in [-0.3, -0.25) is 14.4 Å². The number of hydrogen-bond donors (Lipinski definition) is 3. The van der Waals surface area contributed by atoms with E-state index in [0.29, 0.717) is 11.8 Å². The molecule has 3 N–H and O–H groups in total. The molecule has 2 aromatic rings. The number of ether oxygens (including phenoxy) is 1. The molecule has 1 aliphatic rings. The number of hydrogen-bond acceptors (Lipinski definition) is 10. The lowest BCUT2D eigenvalue weighted by molar-refractivity contribution is -0.236. The summed E-state index contributed by atoms with van der Waals surface area (Å²) < 4.78 is 33.4. The molecular weight excluding hydrogens is 462 g/mol. The first-order valence-corrected chi connectivity index (χ1v) is 10.6. The van der Waals surface area contributed by atoms with Crippen molar-refractivity contribution in [2.75, 3.05) is 5.75 Å². The van der Waals surface area contributed by atoms with Gasteiger partial charge in [0, 0.05) is 29.8 Å². The Kier molecular flexibility index (Phi) is 6.41. The van der Waals surface area contributed by atoms with E-state index in [9.17, 15) is 38.5 Å². The molecule has 1 aliphatic heterocycles. The standard InChI is InChI=1S/C21H20F2N2O7S/c1-10(26)19(29)9-33-18(20(30,11(2)27)21(19,31)12(3)28)32-15-6-14(8-25-17(15)23)13-4-5-24-16(22)7-13/h4-8,18,29-31H,9H2,1-3H3/t18-,19-,20-,21-/m0/s1. The first-order valence-electron chi connectivity index (χ1n) is 9.55. The Bertz CT molecular complexity index is 1150. The Morgan fingerprint density at radius 1 is 1.03 bits per heavy atom. The first-order chi connectivity index (χ1) is 15.3. The van der Waals surface area contributed by atoms with Crippen LogP contribution in [0.25, 0.3) is 11.1 Å². The summed E-state index contributed by atoms with van der Waals surface area (Å²) in [7, 11) is 0. The minimum absolute atomic E-state index is 0.196. The average Bonchev–Trinajstić information content (AvgIpc) is 2.75. The van der Waals surface area contributed by atoms with Gasteiger partial charge in [0.15, 0.2) is 39.7 Å². The highest BCUT2D eigenvalue weighted by Crippen LogP contribution is 2.49. The third kappa shape index (κ3) is 3.72. The molecule has 4 atom stereocenters. The van der Waals surface area contributed by atoms with Gasteiger partial charge in [-0.25, -0.2) is 9.97 Å². The number of carbonyl (C=O) groups excluding carboxylic acids is 3. The molecule has 12 heteroatoms. The molecule has 3 heterocycles. The lowest BCUT2D eigenvalue weighted by atomic mass is 9.65. The van der Waals surface area contributed by atoms with Gasteiger partial charge in [-0.1, -0.05) is 0 Å². The highest BCUT2D eigenvalue weighted by Gasteiger charge is 2.75. The van der Waals surface area contributed by atoms with Gasteiger partial charge in [-0.2, -0.15) is 8.78 Å². The van der Waals surface area contributed by atoms with E-state index < -0.39 is 63.0 Å². The summed E-state index contributed by atoms with van der Waals surface area (Å²) in [6.07, 6.45) is 2.26. The number of nitrogens with zero attached hydrogens (tertiary/aromatic N) is 2. The van der Waals surface area contributed by atoms with E-state index in [-0.39, 0.29) is 11.1 Å². The van der Waals surface area contributed by atoms with Crippen molar-refractivity contribution < 1.29 is 43.2 Å².